The van der Waals surface area contributed by atoms with Crippen LogP contribution in [-0.2, 0) is 16.2 Å². The van der Waals surface area contributed by atoms with Crippen molar-refractivity contribution in [1.82, 2.24) is 5.32 Å². The van der Waals surface area contributed by atoms with E-state index in [0.29, 0.717) is 20.8 Å². The number of urea groups is 1. The van der Waals surface area contributed by atoms with E-state index in [-0.39, 0.29) is 23.6 Å². The van der Waals surface area contributed by atoms with E-state index >= 15 is 0 Å². The number of non-ortho nitro benzene ring substituents is 1. The number of nitrogens with one attached hydrogen (secondary N) is 1. The number of hydrogen-bond donors (Lipinski definition) is 1. The van der Waals surface area contributed by atoms with E-state index in [1.807, 2.05) is 0 Å². The number of amides is 4. The van der Waals surface area contributed by atoms with Crippen LogP contribution in [0.4, 0.5) is 16.2 Å². The molecular weight excluding hydrogens is 542 g/mol. The normalized spacial score (nSPS) is 14.7. The van der Waals surface area contributed by atoms with Gasteiger partial charge in [0.15, 0.2) is 0 Å². The molecule has 0 spiro atoms. The molecule has 4 rings (SSSR count). The predicted octanol–water partition coefficient (Wildman–Crippen LogP) is 5.26. The van der Waals surface area contributed by atoms with Gasteiger partial charge in [0.2, 0.25) is 0 Å². The van der Waals surface area contributed by atoms with Crippen molar-refractivity contribution in [2.75, 3.05) is 4.90 Å². The second-order valence-electron chi connectivity index (χ2n) is 7.34. The third-order valence-corrected chi connectivity index (χ3v) is 5.87. The maximum Gasteiger partial charge on any atom is 0.335 e. The lowest BCUT2D eigenvalue weighted by Crippen LogP contribution is -2.54. The zero-order valence-corrected chi connectivity index (χ0v) is 20.1. The molecule has 0 atom stereocenters. The van der Waals surface area contributed by atoms with Gasteiger partial charge in [0.1, 0.15) is 17.9 Å². The van der Waals surface area contributed by atoms with Crippen molar-refractivity contribution in [2.45, 2.75) is 6.61 Å². The van der Waals surface area contributed by atoms with Crippen LogP contribution in [0, 0.1) is 10.1 Å². The first kappa shape index (κ1) is 24.1. The molecule has 0 bridgehead atoms. The van der Waals surface area contributed by atoms with Gasteiger partial charge >= 0.3 is 6.03 Å². The van der Waals surface area contributed by atoms with E-state index in [1.165, 1.54) is 42.5 Å². The molecule has 1 fully saturated rings. The number of anilines is 1. The number of nitro groups is 1. The van der Waals surface area contributed by atoms with Gasteiger partial charge in [-0.2, -0.15) is 0 Å². The van der Waals surface area contributed by atoms with E-state index in [0.717, 1.165) is 10.5 Å². The van der Waals surface area contributed by atoms with Crippen LogP contribution in [-0.4, -0.2) is 22.8 Å². The Morgan fingerprint density at radius 3 is 2.34 bits per heavy atom. The Balaban J connectivity index is 1.52. The summed E-state index contributed by atoms with van der Waals surface area (Å²) < 4.78 is 6.32. The van der Waals surface area contributed by atoms with Crippen molar-refractivity contribution >= 4 is 62.8 Å². The number of barbiturate groups is 1. The van der Waals surface area contributed by atoms with Crippen LogP contribution in [0.15, 0.2) is 76.8 Å². The number of ether oxygens (including phenoxy) is 1. The molecule has 11 heteroatoms. The lowest BCUT2D eigenvalue weighted by atomic mass is 10.1. The number of carbonyl (C=O) groups is 3. The lowest BCUT2D eigenvalue weighted by molar-refractivity contribution is -0.384. The average molecular weight is 557 g/mol. The number of rotatable bonds is 6. The number of imide groups is 2. The zero-order chi connectivity index (χ0) is 25.1. The molecule has 0 unspecified atom stereocenters. The molecule has 1 heterocycles. The highest BCUT2D eigenvalue weighted by Gasteiger charge is 2.36. The third kappa shape index (κ3) is 5.39. The van der Waals surface area contributed by atoms with Crippen LogP contribution in [0.3, 0.4) is 0 Å². The number of nitro benzene ring substituents is 1. The highest BCUT2D eigenvalue weighted by Crippen LogP contribution is 2.29. The van der Waals surface area contributed by atoms with E-state index in [4.69, 9.17) is 16.3 Å². The Labute approximate surface area is 212 Å². The first-order valence-corrected chi connectivity index (χ1v) is 11.2. The van der Waals surface area contributed by atoms with Crippen LogP contribution in [0.5, 0.6) is 5.75 Å². The fraction of sp³-hybridized carbons (Fsp3) is 0.0417. The van der Waals surface area contributed by atoms with Gasteiger partial charge in [-0.1, -0.05) is 17.7 Å². The molecule has 0 aromatic heterocycles. The standard InChI is InChI=1S/C24H15BrClN3O6/c25-20-12-15(3-10-21(20)35-13-14-1-6-18(7-2-14)29(33)34)11-19-22(30)27-24(32)28(23(19)31)17-8-4-16(26)5-9-17/h1-12H,13H2,(H,27,30,32)/b19-11+. The largest absolute Gasteiger partial charge is 0.488 e. The number of hydrogen-bond acceptors (Lipinski definition) is 6. The van der Waals surface area contributed by atoms with Crippen LogP contribution < -0.4 is 15.0 Å². The van der Waals surface area contributed by atoms with Crippen LogP contribution in [0.2, 0.25) is 5.02 Å². The first-order valence-electron chi connectivity index (χ1n) is 10.1. The molecule has 3 aromatic carbocycles. The van der Waals surface area contributed by atoms with Gasteiger partial charge in [0.25, 0.3) is 17.5 Å². The Morgan fingerprint density at radius 2 is 1.71 bits per heavy atom. The molecule has 0 aliphatic carbocycles. The fourth-order valence-electron chi connectivity index (χ4n) is 3.25. The highest BCUT2D eigenvalue weighted by atomic mass is 79.9. The van der Waals surface area contributed by atoms with Crippen molar-refractivity contribution in [1.29, 1.82) is 0 Å². The van der Waals surface area contributed by atoms with Crippen molar-refractivity contribution in [2.24, 2.45) is 0 Å². The number of carbonyl (C=O) groups excluding carboxylic acids is 3. The monoisotopic (exact) mass is 555 g/mol. The highest BCUT2D eigenvalue weighted by molar-refractivity contribution is 9.10. The molecule has 176 valence electrons. The lowest BCUT2D eigenvalue weighted by Gasteiger charge is -2.26. The predicted molar refractivity (Wildman–Crippen MR) is 132 cm³/mol. The second-order valence-corrected chi connectivity index (χ2v) is 8.63. The second kappa shape index (κ2) is 10.1. The summed E-state index contributed by atoms with van der Waals surface area (Å²) in [7, 11) is 0. The minimum atomic E-state index is -0.851. The molecule has 3 aromatic rings. The van der Waals surface area contributed by atoms with E-state index in [9.17, 15) is 24.5 Å². The molecule has 4 amide bonds. The maximum absolute atomic E-state index is 13.0. The van der Waals surface area contributed by atoms with Crippen molar-refractivity contribution in [3.8, 4) is 5.75 Å². The van der Waals surface area contributed by atoms with Gasteiger partial charge < -0.3 is 4.74 Å². The number of nitrogens with zero attached hydrogens (tertiary/aromatic N) is 2. The molecule has 1 N–H and O–H groups in total. The maximum atomic E-state index is 13.0. The molecular formula is C24H15BrClN3O6. The van der Waals surface area contributed by atoms with Gasteiger partial charge in [-0.05, 0) is 81.7 Å². The van der Waals surface area contributed by atoms with Crippen molar-refractivity contribution in [3.63, 3.8) is 0 Å². The summed E-state index contributed by atoms with van der Waals surface area (Å²) in [5.74, 6) is -1.08. The van der Waals surface area contributed by atoms with Crippen LogP contribution >= 0.6 is 27.5 Å². The van der Waals surface area contributed by atoms with Gasteiger partial charge in [-0.3, -0.25) is 25.0 Å². The summed E-state index contributed by atoms with van der Waals surface area (Å²) in [5, 5.41) is 13.4. The zero-order valence-electron chi connectivity index (χ0n) is 17.7. The molecule has 0 radical (unpaired) electrons. The Hall–Kier alpha value is -4.02. The summed E-state index contributed by atoms with van der Waals surface area (Å²) in [5.41, 5.74) is 1.30. The average Bonchev–Trinajstić information content (AvgIpc) is 2.82. The summed E-state index contributed by atoms with van der Waals surface area (Å²) in [6.07, 6.45) is 1.37. The van der Waals surface area contributed by atoms with Crippen molar-refractivity contribution in [3.05, 3.63) is 103 Å². The number of halogens is 2. The SMILES string of the molecule is O=C1NC(=O)N(c2ccc(Cl)cc2)C(=O)/C1=C/c1ccc(OCc2ccc([N+](=O)[O-])cc2)c(Br)c1. The molecule has 1 aliphatic heterocycles. The van der Waals surface area contributed by atoms with E-state index in [1.54, 1.807) is 30.3 Å². The summed E-state index contributed by atoms with van der Waals surface area (Å²) in [6.45, 7) is 0.177. The quantitative estimate of drug-likeness (QED) is 0.192. The summed E-state index contributed by atoms with van der Waals surface area (Å²) in [4.78, 5) is 48.8. The first-order chi connectivity index (χ1) is 16.7. The summed E-state index contributed by atoms with van der Waals surface area (Å²) >= 11 is 9.28. The molecule has 9 nitrogen and oxygen atoms in total. The summed E-state index contributed by atoms with van der Waals surface area (Å²) in [6, 6.07) is 16.2. The molecule has 1 aliphatic rings. The van der Waals surface area contributed by atoms with Gasteiger partial charge in [-0.25, -0.2) is 9.69 Å². The van der Waals surface area contributed by atoms with Gasteiger partial charge in [0.05, 0.1) is 15.1 Å². The molecule has 1 saturated heterocycles. The molecule has 35 heavy (non-hydrogen) atoms. The minimum Gasteiger partial charge on any atom is -0.488 e. The van der Waals surface area contributed by atoms with Crippen LogP contribution in [0.1, 0.15) is 11.1 Å². The fourth-order valence-corrected chi connectivity index (χ4v) is 3.88. The Morgan fingerprint density at radius 1 is 1.03 bits per heavy atom. The smallest absolute Gasteiger partial charge is 0.335 e. The van der Waals surface area contributed by atoms with Crippen LogP contribution in [0.25, 0.3) is 6.08 Å². The number of benzene rings is 3. The van der Waals surface area contributed by atoms with E-state index in [2.05, 4.69) is 21.2 Å². The topological polar surface area (TPSA) is 119 Å². The molecule has 0 saturated carbocycles. The van der Waals surface area contributed by atoms with Crippen molar-refractivity contribution < 1.29 is 24.0 Å². The van der Waals surface area contributed by atoms with Gasteiger partial charge in [0, 0.05) is 17.2 Å². The minimum absolute atomic E-state index is 0.00931. The third-order valence-electron chi connectivity index (χ3n) is 4.99. The van der Waals surface area contributed by atoms with Gasteiger partial charge in [-0.15, -0.1) is 0 Å². The Kier molecular flexibility index (Phi) is 6.94. The Bertz CT molecular complexity index is 1370. The van der Waals surface area contributed by atoms with E-state index < -0.39 is 22.8 Å².